The van der Waals surface area contributed by atoms with Crippen molar-refractivity contribution in [3.63, 3.8) is 0 Å². The van der Waals surface area contributed by atoms with Gasteiger partial charge in [-0.3, -0.25) is 0 Å². The van der Waals surface area contributed by atoms with Crippen molar-refractivity contribution in [3.05, 3.63) is 16.1 Å². The van der Waals surface area contributed by atoms with Gasteiger partial charge < -0.3 is 5.32 Å². The van der Waals surface area contributed by atoms with Crippen molar-refractivity contribution in [2.45, 2.75) is 53.1 Å². The minimum Gasteiger partial charge on any atom is -0.308 e. The third kappa shape index (κ3) is 3.92. The molecule has 0 saturated heterocycles. The molecule has 1 atom stereocenters. The Labute approximate surface area is 97.1 Å². The second-order valence-corrected chi connectivity index (χ2v) is 5.17. The average Bonchev–Trinajstić information content (AvgIpc) is 2.66. The molecule has 0 saturated carbocycles. The molecule has 0 fully saturated rings. The molecule has 15 heavy (non-hydrogen) atoms. The third-order valence-corrected chi connectivity index (χ3v) is 3.73. The first-order chi connectivity index (χ1) is 7.17. The maximum absolute atomic E-state index is 4.55. The van der Waals surface area contributed by atoms with Crippen LogP contribution in [-0.2, 0) is 13.0 Å². The lowest BCUT2D eigenvalue weighted by Crippen LogP contribution is -2.32. The van der Waals surface area contributed by atoms with Gasteiger partial charge in [0.1, 0.15) is 0 Å². The topological polar surface area (TPSA) is 24.9 Å². The molecule has 1 unspecified atom stereocenters. The molecule has 0 aliphatic carbocycles. The molecule has 0 spiro atoms. The van der Waals surface area contributed by atoms with Crippen LogP contribution in [0.15, 0.2) is 5.38 Å². The second-order valence-electron chi connectivity index (χ2n) is 4.23. The lowest BCUT2D eigenvalue weighted by Gasteiger charge is -2.19. The Morgan fingerprint density at radius 1 is 1.40 bits per heavy atom. The van der Waals surface area contributed by atoms with E-state index in [9.17, 15) is 0 Å². The van der Waals surface area contributed by atoms with E-state index >= 15 is 0 Å². The van der Waals surface area contributed by atoms with Crippen molar-refractivity contribution in [1.82, 2.24) is 10.3 Å². The summed E-state index contributed by atoms with van der Waals surface area (Å²) in [6.07, 6.45) is 2.23. The molecule has 1 aromatic rings. The lowest BCUT2D eigenvalue weighted by atomic mass is 10.0. The predicted molar refractivity (Wildman–Crippen MR) is 67.2 cm³/mol. The Morgan fingerprint density at radius 3 is 2.60 bits per heavy atom. The van der Waals surface area contributed by atoms with Crippen LogP contribution in [0.25, 0.3) is 0 Å². The maximum atomic E-state index is 4.55. The molecule has 1 rings (SSSR count). The highest BCUT2D eigenvalue weighted by atomic mass is 32.1. The lowest BCUT2D eigenvalue weighted by molar-refractivity contribution is 0.386. The number of aromatic nitrogens is 1. The van der Waals surface area contributed by atoms with Crippen molar-refractivity contribution in [1.29, 1.82) is 0 Å². The molecule has 1 N–H and O–H groups in total. The van der Waals surface area contributed by atoms with Crippen molar-refractivity contribution in [3.8, 4) is 0 Å². The molecule has 0 bridgehead atoms. The SMILES string of the molecule is CCc1nc(CNC(CC)C(C)C)cs1. The minimum atomic E-state index is 0.608. The van der Waals surface area contributed by atoms with Gasteiger partial charge in [0.15, 0.2) is 0 Å². The van der Waals surface area contributed by atoms with Crippen molar-refractivity contribution >= 4 is 11.3 Å². The smallest absolute Gasteiger partial charge is 0.0926 e. The van der Waals surface area contributed by atoms with Crippen LogP contribution in [0.4, 0.5) is 0 Å². The number of hydrogen-bond acceptors (Lipinski definition) is 3. The Hall–Kier alpha value is -0.410. The van der Waals surface area contributed by atoms with Gasteiger partial charge in [-0.25, -0.2) is 4.98 Å². The number of aryl methyl sites for hydroxylation is 1. The highest BCUT2D eigenvalue weighted by Crippen LogP contribution is 2.11. The summed E-state index contributed by atoms with van der Waals surface area (Å²) in [5.74, 6) is 0.694. The average molecular weight is 226 g/mol. The van der Waals surface area contributed by atoms with E-state index < -0.39 is 0 Å². The highest BCUT2D eigenvalue weighted by Gasteiger charge is 2.10. The number of hydrogen-bond donors (Lipinski definition) is 1. The summed E-state index contributed by atoms with van der Waals surface area (Å²) in [4.78, 5) is 4.55. The van der Waals surface area contributed by atoms with E-state index in [-0.39, 0.29) is 0 Å². The number of thiazole rings is 1. The van der Waals surface area contributed by atoms with Gasteiger partial charge in [-0.15, -0.1) is 11.3 Å². The minimum absolute atomic E-state index is 0.608. The van der Waals surface area contributed by atoms with E-state index in [1.165, 1.54) is 17.1 Å². The molecule has 1 heterocycles. The molecular formula is C12H22N2S. The van der Waals surface area contributed by atoms with Gasteiger partial charge >= 0.3 is 0 Å². The fraction of sp³-hybridized carbons (Fsp3) is 0.750. The fourth-order valence-corrected chi connectivity index (χ4v) is 2.42. The zero-order chi connectivity index (χ0) is 11.3. The van der Waals surface area contributed by atoms with Crippen molar-refractivity contribution in [2.75, 3.05) is 0 Å². The Morgan fingerprint density at radius 2 is 2.13 bits per heavy atom. The van der Waals surface area contributed by atoms with Gasteiger partial charge in [-0.05, 0) is 18.8 Å². The predicted octanol–water partition coefficient (Wildman–Crippen LogP) is 3.23. The van der Waals surface area contributed by atoms with Gasteiger partial charge in [0.05, 0.1) is 10.7 Å². The first kappa shape index (κ1) is 12.7. The standard InChI is InChI=1S/C12H22N2S/c1-5-11(9(3)4)13-7-10-8-15-12(6-2)14-10/h8-9,11,13H,5-7H2,1-4H3. The Balaban J connectivity index is 2.41. The maximum Gasteiger partial charge on any atom is 0.0926 e. The highest BCUT2D eigenvalue weighted by molar-refractivity contribution is 7.09. The Bertz CT molecular complexity index is 281. The zero-order valence-corrected chi connectivity index (χ0v) is 11.0. The van der Waals surface area contributed by atoms with Crippen LogP contribution in [0.5, 0.6) is 0 Å². The molecule has 1 aromatic heterocycles. The van der Waals surface area contributed by atoms with E-state index in [2.05, 4.69) is 43.4 Å². The number of rotatable bonds is 6. The van der Waals surface area contributed by atoms with E-state index in [0.29, 0.717) is 12.0 Å². The van der Waals surface area contributed by atoms with Gasteiger partial charge in [0.25, 0.3) is 0 Å². The monoisotopic (exact) mass is 226 g/mol. The van der Waals surface area contributed by atoms with Crippen LogP contribution in [0.3, 0.4) is 0 Å². The number of nitrogens with one attached hydrogen (secondary N) is 1. The molecule has 0 radical (unpaired) electrons. The molecule has 0 aliphatic heterocycles. The molecule has 0 amide bonds. The summed E-state index contributed by atoms with van der Waals surface area (Å²) < 4.78 is 0. The molecule has 86 valence electrons. The summed E-state index contributed by atoms with van der Waals surface area (Å²) in [5.41, 5.74) is 1.19. The van der Waals surface area contributed by atoms with Crippen LogP contribution < -0.4 is 5.32 Å². The van der Waals surface area contributed by atoms with Gasteiger partial charge in [-0.2, -0.15) is 0 Å². The van der Waals surface area contributed by atoms with Crippen molar-refractivity contribution in [2.24, 2.45) is 5.92 Å². The molecule has 0 aliphatic rings. The van der Waals surface area contributed by atoms with Crippen LogP contribution in [0, 0.1) is 5.92 Å². The largest absolute Gasteiger partial charge is 0.308 e. The molecule has 3 heteroatoms. The molecular weight excluding hydrogens is 204 g/mol. The summed E-state index contributed by atoms with van der Waals surface area (Å²) in [7, 11) is 0. The van der Waals surface area contributed by atoms with Crippen LogP contribution in [-0.4, -0.2) is 11.0 Å². The summed E-state index contributed by atoms with van der Waals surface area (Å²) in [6, 6.07) is 0.608. The van der Waals surface area contributed by atoms with E-state index in [4.69, 9.17) is 0 Å². The molecule has 0 aromatic carbocycles. The quantitative estimate of drug-likeness (QED) is 0.805. The number of nitrogens with zero attached hydrogens (tertiary/aromatic N) is 1. The first-order valence-corrected chi connectivity index (χ1v) is 6.72. The van der Waals surface area contributed by atoms with Gasteiger partial charge in [0, 0.05) is 18.0 Å². The third-order valence-electron chi connectivity index (χ3n) is 2.69. The van der Waals surface area contributed by atoms with Crippen molar-refractivity contribution < 1.29 is 0 Å². The normalized spacial score (nSPS) is 13.4. The van der Waals surface area contributed by atoms with E-state index in [1.807, 2.05) is 0 Å². The van der Waals surface area contributed by atoms with Gasteiger partial charge in [-0.1, -0.05) is 27.7 Å². The zero-order valence-electron chi connectivity index (χ0n) is 10.2. The second kappa shape index (κ2) is 6.23. The first-order valence-electron chi connectivity index (χ1n) is 5.84. The van der Waals surface area contributed by atoms with E-state index in [0.717, 1.165) is 13.0 Å². The van der Waals surface area contributed by atoms with Crippen LogP contribution >= 0.6 is 11.3 Å². The Kier molecular flexibility index (Phi) is 5.26. The summed E-state index contributed by atoms with van der Waals surface area (Å²) >= 11 is 1.77. The summed E-state index contributed by atoms with van der Waals surface area (Å²) in [5, 5.41) is 6.97. The fourth-order valence-electron chi connectivity index (χ4n) is 1.68. The van der Waals surface area contributed by atoms with Crippen LogP contribution in [0.1, 0.15) is 44.8 Å². The van der Waals surface area contributed by atoms with Gasteiger partial charge in [0.2, 0.25) is 0 Å². The molecule has 2 nitrogen and oxygen atoms in total. The summed E-state index contributed by atoms with van der Waals surface area (Å²) in [6.45, 7) is 9.82. The van der Waals surface area contributed by atoms with E-state index in [1.54, 1.807) is 11.3 Å². The van der Waals surface area contributed by atoms with Crippen LogP contribution in [0.2, 0.25) is 0 Å².